The average molecular weight is 285 g/mol. The first-order chi connectivity index (χ1) is 7.85. The lowest BCUT2D eigenvalue weighted by Gasteiger charge is -2.36. The van der Waals surface area contributed by atoms with Gasteiger partial charge in [-0.05, 0) is 25.3 Å². The van der Waals surface area contributed by atoms with Gasteiger partial charge in [0.05, 0.1) is 7.11 Å². The molecule has 1 saturated heterocycles. The zero-order valence-electron chi connectivity index (χ0n) is 9.53. The van der Waals surface area contributed by atoms with Crippen molar-refractivity contribution in [3.63, 3.8) is 0 Å². The molecule has 1 aromatic heterocycles. The molecule has 1 aromatic rings. The van der Waals surface area contributed by atoms with E-state index < -0.39 is 0 Å². The van der Waals surface area contributed by atoms with Crippen LogP contribution in [-0.2, 0) is 0 Å². The molecule has 0 spiro atoms. The van der Waals surface area contributed by atoms with E-state index in [0.29, 0.717) is 11.9 Å². The lowest BCUT2D eigenvalue weighted by atomic mass is 10.0. The second-order valence-electron chi connectivity index (χ2n) is 4.05. The molecule has 3 nitrogen and oxygen atoms in total. The van der Waals surface area contributed by atoms with E-state index in [1.165, 1.54) is 24.9 Å². The first-order valence-electron chi connectivity index (χ1n) is 5.68. The largest absolute Gasteiger partial charge is 0.481 e. The van der Waals surface area contributed by atoms with Crippen LogP contribution in [0.1, 0.15) is 19.3 Å². The maximum Gasteiger partial charge on any atom is 0.214 e. The lowest BCUT2D eigenvalue weighted by molar-refractivity contribution is 0.397. The highest BCUT2D eigenvalue weighted by atomic mass is 79.9. The van der Waals surface area contributed by atoms with Crippen LogP contribution in [-0.4, -0.2) is 30.0 Å². The summed E-state index contributed by atoms with van der Waals surface area (Å²) in [5.74, 6) is 0.691. The minimum atomic E-state index is 0.598. The Morgan fingerprint density at radius 1 is 1.56 bits per heavy atom. The van der Waals surface area contributed by atoms with E-state index in [-0.39, 0.29) is 0 Å². The molecule has 4 heteroatoms. The van der Waals surface area contributed by atoms with E-state index in [0.717, 1.165) is 11.9 Å². The fraction of sp³-hybridized carbons (Fsp3) is 0.583. The average Bonchev–Trinajstić information content (AvgIpc) is 2.38. The Labute approximate surface area is 105 Å². The van der Waals surface area contributed by atoms with Crippen LogP contribution in [0, 0.1) is 0 Å². The number of nitrogens with zero attached hydrogens (tertiary/aromatic N) is 2. The molecule has 1 atom stereocenters. The Morgan fingerprint density at radius 2 is 2.44 bits per heavy atom. The van der Waals surface area contributed by atoms with Crippen LogP contribution >= 0.6 is 15.9 Å². The smallest absolute Gasteiger partial charge is 0.214 e. The molecule has 1 unspecified atom stereocenters. The molecule has 2 rings (SSSR count). The number of ether oxygens (including phenoxy) is 1. The number of alkyl halides is 1. The number of halogens is 1. The number of pyridine rings is 1. The van der Waals surface area contributed by atoms with Crippen molar-refractivity contribution in [2.45, 2.75) is 25.3 Å². The van der Waals surface area contributed by atoms with E-state index in [2.05, 4.69) is 31.9 Å². The summed E-state index contributed by atoms with van der Waals surface area (Å²) < 4.78 is 5.17. The molecule has 16 heavy (non-hydrogen) atoms. The van der Waals surface area contributed by atoms with E-state index in [9.17, 15) is 0 Å². The zero-order chi connectivity index (χ0) is 11.4. The molecule has 1 fully saturated rings. The second-order valence-corrected chi connectivity index (χ2v) is 4.70. The van der Waals surface area contributed by atoms with Crippen LogP contribution in [0.5, 0.6) is 5.88 Å². The van der Waals surface area contributed by atoms with Gasteiger partial charge < -0.3 is 9.64 Å². The molecule has 0 amide bonds. The summed E-state index contributed by atoms with van der Waals surface area (Å²) in [6, 6.07) is 4.67. The Kier molecular flexibility index (Phi) is 4.04. The van der Waals surface area contributed by atoms with Gasteiger partial charge in [0.2, 0.25) is 5.88 Å². The van der Waals surface area contributed by atoms with Crippen LogP contribution in [0.2, 0.25) is 0 Å². The predicted molar refractivity (Wildman–Crippen MR) is 69.6 cm³/mol. The van der Waals surface area contributed by atoms with E-state index >= 15 is 0 Å². The Balaban J connectivity index is 2.20. The van der Waals surface area contributed by atoms with Gasteiger partial charge in [0.25, 0.3) is 0 Å². The summed E-state index contributed by atoms with van der Waals surface area (Å²) in [7, 11) is 1.66. The third-order valence-corrected chi connectivity index (χ3v) is 3.81. The van der Waals surface area contributed by atoms with Crippen LogP contribution in [0.4, 0.5) is 5.69 Å². The highest BCUT2D eigenvalue weighted by Crippen LogP contribution is 2.27. The number of piperidine rings is 1. The van der Waals surface area contributed by atoms with Gasteiger partial charge in [-0.1, -0.05) is 15.9 Å². The van der Waals surface area contributed by atoms with E-state index in [4.69, 9.17) is 4.74 Å². The Hall–Kier alpha value is -0.770. The zero-order valence-corrected chi connectivity index (χ0v) is 11.1. The van der Waals surface area contributed by atoms with Gasteiger partial charge in [0.1, 0.15) is 0 Å². The summed E-state index contributed by atoms with van der Waals surface area (Å²) >= 11 is 3.60. The van der Waals surface area contributed by atoms with Gasteiger partial charge in [-0.3, -0.25) is 0 Å². The lowest BCUT2D eigenvalue weighted by Crippen LogP contribution is -2.40. The molecular formula is C12H17BrN2O. The van der Waals surface area contributed by atoms with Crippen LogP contribution < -0.4 is 9.64 Å². The monoisotopic (exact) mass is 284 g/mol. The molecule has 0 N–H and O–H groups in total. The number of methoxy groups -OCH3 is 1. The van der Waals surface area contributed by atoms with Gasteiger partial charge >= 0.3 is 0 Å². The third kappa shape index (κ3) is 2.48. The van der Waals surface area contributed by atoms with Crippen molar-refractivity contribution in [2.75, 3.05) is 23.9 Å². The highest BCUT2D eigenvalue weighted by Gasteiger charge is 2.21. The molecule has 0 bridgehead atoms. The Bertz CT molecular complexity index is 346. The van der Waals surface area contributed by atoms with Crippen molar-refractivity contribution in [2.24, 2.45) is 0 Å². The maximum absolute atomic E-state index is 5.17. The molecule has 1 aliphatic rings. The molecule has 2 heterocycles. The van der Waals surface area contributed by atoms with Gasteiger partial charge in [0.15, 0.2) is 0 Å². The van der Waals surface area contributed by atoms with Gasteiger partial charge in [0, 0.05) is 35.9 Å². The standard InChI is InChI=1S/C12H17BrN2O/c1-16-12-8-10(5-6-14-12)15-7-3-2-4-11(15)9-13/h5-6,8,11H,2-4,7,9H2,1H3. The molecule has 88 valence electrons. The van der Waals surface area contributed by atoms with Crippen molar-refractivity contribution >= 4 is 21.6 Å². The first kappa shape index (κ1) is 11.7. The molecule has 0 aliphatic carbocycles. The third-order valence-electron chi connectivity index (χ3n) is 3.06. The minimum Gasteiger partial charge on any atom is -0.481 e. The van der Waals surface area contributed by atoms with Crippen LogP contribution in [0.25, 0.3) is 0 Å². The summed E-state index contributed by atoms with van der Waals surface area (Å²) in [6.07, 6.45) is 5.67. The molecule has 0 saturated carbocycles. The highest BCUT2D eigenvalue weighted by molar-refractivity contribution is 9.09. The van der Waals surface area contributed by atoms with Gasteiger partial charge in [-0.2, -0.15) is 0 Å². The van der Waals surface area contributed by atoms with Crippen LogP contribution in [0.3, 0.4) is 0 Å². The van der Waals surface area contributed by atoms with Gasteiger partial charge in [-0.25, -0.2) is 4.98 Å². The van der Waals surface area contributed by atoms with E-state index in [1.807, 2.05) is 12.3 Å². The van der Waals surface area contributed by atoms with Crippen molar-refractivity contribution in [3.05, 3.63) is 18.3 Å². The molecular weight excluding hydrogens is 268 g/mol. The quantitative estimate of drug-likeness (QED) is 0.798. The normalized spacial score (nSPS) is 20.9. The molecule has 0 radical (unpaired) electrons. The van der Waals surface area contributed by atoms with E-state index in [1.54, 1.807) is 7.11 Å². The van der Waals surface area contributed by atoms with Crippen molar-refractivity contribution in [1.82, 2.24) is 4.98 Å². The maximum atomic E-state index is 5.17. The predicted octanol–water partition coefficient (Wildman–Crippen LogP) is 2.84. The fourth-order valence-electron chi connectivity index (χ4n) is 2.19. The molecule has 1 aliphatic heterocycles. The summed E-state index contributed by atoms with van der Waals surface area (Å²) in [4.78, 5) is 6.59. The molecule has 0 aromatic carbocycles. The SMILES string of the molecule is COc1cc(N2CCCCC2CBr)ccn1. The topological polar surface area (TPSA) is 25.4 Å². The van der Waals surface area contributed by atoms with Crippen LogP contribution in [0.15, 0.2) is 18.3 Å². The number of anilines is 1. The van der Waals surface area contributed by atoms with Gasteiger partial charge in [-0.15, -0.1) is 0 Å². The van der Waals surface area contributed by atoms with Crippen molar-refractivity contribution < 1.29 is 4.74 Å². The number of aromatic nitrogens is 1. The number of hydrogen-bond acceptors (Lipinski definition) is 3. The van der Waals surface area contributed by atoms with Crippen molar-refractivity contribution in [3.8, 4) is 5.88 Å². The number of hydrogen-bond donors (Lipinski definition) is 0. The Morgan fingerprint density at radius 3 is 3.19 bits per heavy atom. The number of rotatable bonds is 3. The second kappa shape index (κ2) is 5.53. The summed E-state index contributed by atoms with van der Waals surface area (Å²) in [5, 5.41) is 1.03. The first-order valence-corrected chi connectivity index (χ1v) is 6.80. The van der Waals surface area contributed by atoms with Crippen molar-refractivity contribution in [1.29, 1.82) is 0 Å². The minimum absolute atomic E-state index is 0.598. The fourth-order valence-corrected chi connectivity index (χ4v) is 2.86. The summed E-state index contributed by atoms with van der Waals surface area (Å²) in [5.41, 5.74) is 1.22. The summed E-state index contributed by atoms with van der Waals surface area (Å²) in [6.45, 7) is 1.13.